The summed E-state index contributed by atoms with van der Waals surface area (Å²) in [7, 11) is 0. The molecule has 0 aliphatic carbocycles. The van der Waals surface area contributed by atoms with Crippen molar-refractivity contribution in [2.75, 3.05) is 13.1 Å². The molecule has 1 saturated heterocycles. The van der Waals surface area contributed by atoms with Gasteiger partial charge in [0.15, 0.2) is 16.7 Å². The number of piperidine rings is 1. The molecule has 2 N–H and O–H groups in total. The number of aromatic amines is 1. The molecule has 76 valence electrons. The van der Waals surface area contributed by atoms with Crippen LogP contribution >= 0.6 is 11.6 Å². The average Bonchev–Trinajstić information content (AvgIpc) is 2.65. The summed E-state index contributed by atoms with van der Waals surface area (Å²) >= 11 is 5.78. The van der Waals surface area contributed by atoms with E-state index in [-0.39, 0.29) is 5.15 Å². The summed E-state index contributed by atoms with van der Waals surface area (Å²) in [6, 6.07) is 0. The zero-order chi connectivity index (χ0) is 9.97. The first-order chi connectivity index (χ1) is 6.79. The molecule has 14 heavy (non-hydrogen) atoms. The molecule has 6 heteroatoms. The van der Waals surface area contributed by atoms with Crippen LogP contribution in [0, 0.1) is 5.41 Å². The van der Waals surface area contributed by atoms with E-state index in [1.165, 1.54) is 6.42 Å². The van der Waals surface area contributed by atoms with Gasteiger partial charge in [0.25, 0.3) is 0 Å². The zero-order valence-electron chi connectivity index (χ0n) is 7.76. The summed E-state index contributed by atoms with van der Waals surface area (Å²) in [5.74, 6) is 0.378. The van der Waals surface area contributed by atoms with Crippen LogP contribution in [0.15, 0.2) is 0 Å². The van der Waals surface area contributed by atoms with Crippen LogP contribution in [0.25, 0.3) is 0 Å². The monoisotopic (exact) mass is 213 g/mol. The molecule has 2 heterocycles. The number of hydrogen-bond donors (Lipinski definition) is 2. The molecule has 0 radical (unpaired) electrons. The Morgan fingerprint density at radius 1 is 1.29 bits per heavy atom. The normalized spacial score (nSPS) is 17.1. The maximum Gasteiger partial charge on any atom is 0.182 e. The van der Waals surface area contributed by atoms with E-state index in [0.29, 0.717) is 11.5 Å². The Morgan fingerprint density at radius 2 is 2.00 bits per heavy atom. The predicted molar refractivity (Wildman–Crippen MR) is 53.6 cm³/mol. The van der Waals surface area contributed by atoms with Crippen LogP contribution < -0.4 is 0 Å². The minimum Gasteiger partial charge on any atom is -0.355 e. The molecule has 1 aromatic heterocycles. The summed E-state index contributed by atoms with van der Waals surface area (Å²) in [6.07, 6.45) is 3.52. The van der Waals surface area contributed by atoms with Crippen molar-refractivity contribution in [1.82, 2.24) is 20.3 Å². The predicted octanol–water partition coefficient (Wildman–Crippen LogP) is 1.27. The molecule has 1 aliphatic rings. The van der Waals surface area contributed by atoms with E-state index in [0.717, 1.165) is 25.9 Å². The van der Waals surface area contributed by atoms with Gasteiger partial charge in [-0.1, -0.05) is 11.6 Å². The molecule has 0 unspecified atom stereocenters. The summed E-state index contributed by atoms with van der Waals surface area (Å²) in [5, 5.41) is 18.1. The van der Waals surface area contributed by atoms with E-state index < -0.39 is 0 Å². The van der Waals surface area contributed by atoms with Crippen LogP contribution in [0.4, 0.5) is 0 Å². The fraction of sp³-hybridized carbons (Fsp3) is 0.625. The number of hydrogen-bond acceptors (Lipinski definition) is 3. The van der Waals surface area contributed by atoms with Crippen molar-refractivity contribution in [3.8, 4) is 0 Å². The van der Waals surface area contributed by atoms with E-state index in [1.807, 2.05) is 4.90 Å². The first-order valence-electron chi connectivity index (χ1n) is 4.69. The van der Waals surface area contributed by atoms with Gasteiger partial charge in [0, 0.05) is 13.1 Å². The Kier molecular flexibility index (Phi) is 2.67. The van der Waals surface area contributed by atoms with Crippen LogP contribution in [0.1, 0.15) is 25.0 Å². The standard InChI is InChI=1S/C8H12ClN5/c9-7-6(11-13-12-7)8(10)14-4-2-1-3-5-14/h10H,1-5H2,(H,11,12,13). The molecule has 2 rings (SSSR count). The second-order valence-electron chi connectivity index (χ2n) is 3.36. The van der Waals surface area contributed by atoms with Gasteiger partial charge in [0.2, 0.25) is 0 Å². The van der Waals surface area contributed by atoms with Gasteiger partial charge in [-0.3, -0.25) is 5.41 Å². The van der Waals surface area contributed by atoms with E-state index in [9.17, 15) is 0 Å². The number of nitrogens with one attached hydrogen (secondary N) is 2. The van der Waals surface area contributed by atoms with Crippen molar-refractivity contribution >= 4 is 17.4 Å². The highest BCUT2D eigenvalue weighted by Gasteiger charge is 2.19. The Labute approximate surface area is 86.9 Å². The molecule has 0 spiro atoms. The third-order valence-electron chi connectivity index (χ3n) is 2.40. The van der Waals surface area contributed by atoms with Crippen molar-refractivity contribution in [2.45, 2.75) is 19.3 Å². The highest BCUT2D eigenvalue weighted by atomic mass is 35.5. The largest absolute Gasteiger partial charge is 0.355 e. The van der Waals surface area contributed by atoms with Gasteiger partial charge < -0.3 is 4.90 Å². The number of nitrogens with zero attached hydrogens (tertiary/aromatic N) is 3. The summed E-state index contributed by atoms with van der Waals surface area (Å²) in [5.41, 5.74) is 0.452. The number of amidine groups is 1. The van der Waals surface area contributed by atoms with Gasteiger partial charge in [-0.05, 0) is 19.3 Å². The Hall–Kier alpha value is -1.10. The lowest BCUT2D eigenvalue weighted by Crippen LogP contribution is -2.36. The maximum absolute atomic E-state index is 7.90. The highest BCUT2D eigenvalue weighted by molar-refractivity contribution is 6.32. The quantitative estimate of drug-likeness (QED) is 0.545. The molecular formula is C8H12ClN5. The molecular weight excluding hydrogens is 202 g/mol. The third-order valence-corrected chi connectivity index (χ3v) is 2.67. The van der Waals surface area contributed by atoms with Crippen molar-refractivity contribution < 1.29 is 0 Å². The van der Waals surface area contributed by atoms with Crippen molar-refractivity contribution in [1.29, 1.82) is 5.41 Å². The lowest BCUT2D eigenvalue weighted by Gasteiger charge is -2.27. The lowest BCUT2D eigenvalue weighted by molar-refractivity contribution is 0.340. The number of aromatic nitrogens is 3. The topological polar surface area (TPSA) is 68.7 Å². The summed E-state index contributed by atoms with van der Waals surface area (Å²) in [6.45, 7) is 1.84. The maximum atomic E-state index is 7.90. The summed E-state index contributed by atoms with van der Waals surface area (Å²) < 4.78 is 0. The second-order valence-corrected chi connectivity index (χ2v) is 3.72. The van der Waals surface area contributed by atoms with Crippen LogP contribution in [0.5, 0.6) is 0 Å². The van der Waals surface area contributed by atoms with Gasteiger partial charge >= 0.3 is 0 Å². The Bertz CT molecular complexity index is 328. The van der Waals surface area contributed by atoms with Crippen molar-refractivity contribution in [2.24, 2.45) is 0 Å². The molecule has 0 aromatic carbocycles. The fourth-order valence-electron chi connectivity index (χ4n) is 1.64. The first-order valence-corrected chi connectivity index (χ1v) is 5.07. The van der Waals surface area contributed by atoms with Crippen LogP contribution in [0.2, 0.25) is 5.15 Å². The van der Waals surface area contributed by atoms with Crippen LogP contribution in [0.3, 0.4) is 0 Å². The number of rotatable bonds is 1. The van der Waals surface area contributed by atoms with Crippen LogP contribution in [-0.2, 0) is 0 Å². The number of likely N-dealkylation sites (tertiary alicyclic amines) is 1. The molecule has 0 amide bonds. The SMILES string of the molecule is N=C(c1n[nH]nc1Cl)N1CCCCC1. The number of H-pyrrole nitrogens is 1. The van der Waals surface area contributed by atoms with Gasteiger partial charge in [-0.2, -0.15) is 10.3 Å². The molecule has 1 fully saturated rings. The number of halogens is 1. The van der Waals surface area contributed by atoms with Gasteiger partial charge in [-0.15, -0.1) is 5.10 Å². The first kappa shape index (κ1) is 9.45. The van der Waals surface area contributed by atoms with Crippen molar-refractivity contribution in [3.05, 3.63) is 10.8 Å². The Morgan fingerprint density at radius 3 is 2.57 bits per heavy atom. The smallest absolute Gasteiger partial charge is 0.182 e. The molecule has 1 aromatic rings. The molecule has 0 atom stereocenters. The lowest BCUT2D eigenvalue weighted by atomic mass is 10.1. The Balaban J connectivity index is 2.11. The highest BCUT2D eigenvalue weighted by Crippen LogP contribution is 2.15. The van der Waals surface area contributed by atoms with Crippen LogP contribution in [-0.4, -0.2) is 39.2 Å². The average molecular weight is 214 g/mol. The summed E-state index contributed by atoms with van der Waals surface area (Å²) in [4.78, 5) is 1.99. The molecule has 5 nitrogen and oxygen atoms in total. The van der Waals surface area contributed by atoms with Gasteiger partial charge in [0.1, 0.15) is 0 Å². The third kappa shape index (κ3) is 1.72. The minimum atomic E-state index is 0.278. The second kappa shape index (κ2) is 3.96. The molecule has 1 aliphatic heterocycles. The minimum absolute atomic E-state index is 0.278. The van der Waals surface area contributed by atoms with E-state index >= 15 is 0 Å². The van der Waals surface area contributed by atoms with Gasteiger partial charge in [0.05, 0.1) is 0 Å². The van der Waals surface area contributed by atoms with E-state index in [4.69, 9.17) is 17.0 Å². The molecule has 0 bridgehead atoms. The van der Waals surface area contributed by atoms with Crippen molar-refractivity contribution in [3.63, 3.8) is 0 Å². The van der Waals surface area contributed by atoms with E-state index in [2.05, 4.69) is 15.4 Å². The van der Waals surface area contributed by atoms with Gasteiger partial charge in [-0.25, -0.2) is 0 Å². The van der Waals surface area contributed by atoms with E-state index in [1.54, 1.807) is 0 Å². The zero-order valence-corrected chi connectivity index (χ0v) is 8.51. The molecule has 0 saturated carbocycles. The fourth-order valence-corrected chi connectivity index (χ4v) is 1.81.